The Morgan fingerprint density at radius 1 is 0.892 bits per heavy atom. The first-order chi connectivity index (χ1) is 17.8. The standard InChI is InChI=1S/C29H29F3N2O2S/c1-33-37(35,25-17-15-24(16-18-25)36-29(30,31)32)34-23-10-6-9-22(19-23)28-26-11-4-2-7-20(26)13-14-21-8-3-5-12-27(21)28/h2-5,7-8,11-12,15-18,23H,6,9-10,13-14,19H2,1H3,(H,33,34,35). The number of halogens is 3. The van der Waals surface area contributed by atoms with Gasteiger partial charge in [0.25, 0.3) is 0 Å². The molecule has 2 unspecified atom stereocenters. The fourth-order valence-corrected chi connectivity index (χ4v) is 7.04. The van der Waals surface area contributed by atoms with Gasteiger partial charge >= 0.3 is 6.36 Å². The Labute approximate surface area is 215 Å². The number of hydrogen-bond acceptors (Lipinski definition) is 3. The molecule has 0 amide bonds. The maximum atomic E-state index is 13.8. The monoisotopic (exact) mass is 526 g/mol. The summed E-state index contributed by atoms with van der Waals surface area (Å²) in [7, 11) is -1.56. The van der Waals surface area contributed by atoms with Gasteiger partial charge in [0, 0.05) is 13.1 Å². The third-order valence-corrected chi connectivity index (χ3v) is 9.15. The van der Waals surface area contributed by atoms with Crippen molar-refractivity contribution in [3.05, 3.63) is 101 Å². The number of nitrogens with zero attached hydrogens (tertiary/aromatic N) is 1. The largest absolute Gasteiger partial charge is 0.573 e. The number of rotatable bonds is 4. The molecule has 0 bridgehead atoms. The molecule has 194 valence electrons. The molecule has 2 aliphatic rings. The smallest absolute Gasteiger partial charge is 0.406 e. The lowest BCUT2D eigenvalue weighted by molar-refractivity contribution is -0.274. The van der Waals surface area contributed by atoms with Crippen LogP contribution in [-0.2, 0) is 22.8 Å². The zero-order valence-corrected chi connectivity index (χ0v) is 21.4. The first-order valence-electron chi connectivity index (χ1n) is 12.4. The van der Waals surface area contributed by atoms with Crippen LogP contribution >= 0.6 is 0 Å². The van der Waals surface area contributed by atoms with E-state index in [9.17, 15) is 17.4 Å². The summed E-state index contributed by atoms with van der Waals surface area (Å²) in [5, 5.41) is 0. The zero-order valence-electron chi connectivity index (χ0n) is 20.6. The second-order valence-electron chi connectivity index (χ2n) is 9.43. The molecule has 3 aromatic carbocycles. The van der Waals surface area contributed by atoms with Crippen LogP contribution in [0.2, 0.25) is 0 Å². The molecular weight excluding hydrogens is 497 g/mol. The molecule has 4 nitrogen and oxygen atoms in total. The van der Waals surface area contributed by atoms with E-state index in [1.807, 2.05) is 0 Å². The minimum Gasteiger partial charge on any atom is -0.406 e. The van der Waals surface area contributed by atoms with Crippen molar-refractivity contribution in [3.63, 3.8) is 0 Å². The van der Waals surface area contributed by atoms with Crippen molar-refractivity contribution in [2.75, 3.05) is 7.05 Å². The van der Waals surface area contributed by atoms with Gasteiger partial charge in [0.2, 0.25) is 0 Å². The number of fused-ring (bicyclic) bond motifs is 2. The molecule has 3 aromatic rings. The Balaban J connectivity index is 1.46. The van der Waals surface area contributed by atoms with Crippen molar-refractivity contribution < 1.29 is 22.1 Å². The van der Waals surface area contributed by atoms with E-state index in [4.69, 9.17) is 0 Å². The molecule has 37 heavy (non-hydrogen) atoms. The summed E-state index contributed by atoms with van der Waals surface area (Å²) in [5.74, 6) is -0.357. The molecule has 0 aliphatic heterocycles. The molecule has 1 saturated carbocycles. The fourth-order valence-electron chi connectivity index (χ4n) is 5.43. The van der Waals surface area contributed by atoms with Crippen LogP contribution in [0.1, 0.15) is 47.9 Å². The van der Waals surface area contributed by atoms with Gasteiger partial charge in [0.15, 0.2) is 0 Å². The highest BCUT2D eigenvalue weighted by Gasteiger charge is 2.31. The van der Waals surface area contributed by atoms with Crippen molar-refractivity contribution in [2.24, 2.45) is 4.36 Å². The third-order valence-electron chi connectivity index (χ3n) is 7.07. The Kier molecular flexibility index (Phi) is 7.14. The number of hydrogen-bond donors (Lipinski definition) is 1. The summed E-state index contributed by atoms with van der Waals surface area (Å²) in [5.41, 5.74) is 7.82. The van der Waals surface area contributed by atoms with Crippen LogP contribution in [0.25, 0.3) is 5.57 Å². The molecule has 0 saturated heterocycles. The van der Waals surface area contributed by atoms with Gasteiger partial charge in [0.05, 0.1) is 4.90 Å². The van der Waals surface area contributed by atoms with Gasteiger partial charge in [-0.15, -0.1) is 13.2 Å². The highest BCUT2D eigenvalue weighted by atomic mass is 32.2. The van der Waals surface area contributed by atoms with E-state index in [2.05, 4.69) is 62.4 Å². The summed E-state index contributed by atoms with van der Waals surface area (Å²) in [6.45, 7) is 0. The predicted molar refractivity (Wildman–Crippen MR) is 140 cm³/mol. The molecule has 2 atom stereocenters. The maximum Gasteiger partial charge on any atom is 0.573 e. The Bertz CT molecular complexity index is 1390. The maximum absolute atomic E-state index is 13.8. The Morgan fingerprint density at radius 3 is 2.05 bits per heavy atom. The van der Waals surface area contributed by atoms with Crippen LogP contribution < -0.4 is 9.46 Å². The van der Waals surface area contributed by atoms with Crippen LogP contribution in [-0.4, -0.2) is 23.7 Å². The SMILES string of the molecule is CN=S(=O)(NC1CCCC(=C2c3ccccc3CCc3ccccc32)C1)c1ccc(OC(F)(F)F)cc1. The Hall–Kier alpha value is -3.10. The van der Waals surface area contributed by atoms with E-state index in [0.717, 1.165) is 38.5 Å². The van der Waals surface area contributed by atoms with Crippen molar-refractivity contribution in [1.82, 2.24) is 4.72 Å². The number of benzene rings is 3. The van der Waals surface area contributed by atoms with Crippen LogP contribution in [0.5, 0.6) is 5.75 Å². The number of ether oxygens (including phenoxy) is 1. The van der Waals surface area contributed by atoms with Gasteiger partial charge in [-0.3, -0.25) is 0 Å². The van der Waals surface area contributed by atoms with Crippen molar-refractivity contribution in [2.45, 2.75) is 55.8 Å². The van der Waals surface area contributed by atoms with Gasteiger partial charge in [-0.25, -0.2) is 13.3 Å². The molecule has 2 aliphatic carbocycles. The second-order valence-corrected chi connectivity index (χ2v) is 11.6. The van der Waals surface area contributed by atoms with E-state index in [-0.39, 0.29) is 11.8 Å². The van der Waals surface area contributed by atoms with Crippen molar-refractivity contribution >= 4 is 15.5 Å². The Morgan fingerprint density at radius 2 is 1.49 bits per heavy atom. The number of nitrogens with one attached hydrogen (secondary N) is 1. The number of alkyl halides is 3. The van der Waals surface area contributed by atoms with Gasteiger partial charge < -0.3 is 4.74 Å². The normalized spacial score (nSPS) is 19.3. The summed E-state index contributed by atoms with van der Waals surface area (Å²) >= 11 is 0. The molecule has 8 heteroatoms. The summed E-state index contributed by atoms with van der Waals surface area (Å²) in [4.78, 5) is 0.328. The molecule has 0 aromatic heterocycles. The zero-order chi connectivity index (χ0) is 26.0. The van der Waals surface area contributed by atoms with E-state index >= 15 is 0 Å². The molecule has 1 N–H and O–H groups in total. The lowest BCUT2D eigenvalue weighted by Gasteiger charge is -2.29. The van der Waals surface area contributed by atoms with Crippen molar-refractivity contribution in [1.29, 1.82) is 0 Å². The molecule has 0 heterocycles. The van der Waals surface area contributed by atoms with E-state index in [0.29, 0.717) is 4.90 Å². The summed E-state index contributed by atoms with van der Waals surface area (Å²) < 4.78 is 62.8. The van der Waals surface area contributed by atoms with E-state index < -0.39 is 16.3 Å². The number of aryl methyl sites for hydroxylation is 2. The lowest BCUT2D eigenvalue weighted by Crippen LogP contribution is -2.36. The third kappa shape index (κ3) is 5.60. The lowest BCUT2D eigenvalue weighted by atomic mass is 9.82. The van der Waals surface area contributed by atoms with E-state index in [1.54, 1.807) is 0 Å². The summed E-state index contributed by atoms with van der Waals surface area (Å²) in [6.07, 6.45) is 0.659. The minimum absolute atomic E-state index is 0.0823. The van der Waals surface area contributed by atoms with Crippen LogP contribution in [0.15, 0.2) is 87.6 Å². The average Bonchev–Trinajstić information content (AvgIpc) is 3.05. The molecular formula is C29H29F3N2O2S. The average molecular weight is 527 g/mol. The highest BCUT2D eigenvalue weighted by Crippen LogP contribution is 2.40. The quantitative estimate of drug-likeness (QED) is 0.395. The van der Waals surface area contributed by atoms with Gasteiger partial charge in [-0.2, -0.15) is 0 Å². The highest BCUT2D eigenvalue weighted by molar-refractivity contribution is 7.91. The topological polar surface area (TPSA) is 50.7 Å². The van der Waals surface area contributed by atoms with Crippen LogP contribution in [0.4, 0.5) is 13.2 Å². The van der Waals surface area contributed by atoms with E-state index in [1.165, 1.54) is 64.7 Å². The molecule has 5 rings (SSSR count). The molecule has 0 radical (unpaired) electrons. The molecule has 0 spiro atoms. The van der Waals surface area contributed by atoms with Gasteiger partial charge in [-0.05, 0) is 90.6 Å². The first-order valence-corrected chi connectivity index (χ1v) is 13.9. The first kappa shape index (κ1) is 25.5. The summed E-state index contributed by atoms with van der Waals surface area (Å²) in [6, 6.07) is 22.2. The fraction of sp³-hybridized carbons (Fsp3) is 0.310. The molecule has 1 fully saturated rings. The van der Waals surface area contributed by atoms with Crippen LogP contribution in [0.3, 0.4) is 0 Å². The predicted octanol–water partition coefficient (Wildman–Crippen LogP) is 7.09. The van der Waals surface area contributed by atoms with Crippen molar-refractivity contribution in [3.8, 4) is 5.75 Å². The van der Waals surface area contributed by atoms with Gasteiger partial charge in [0.1, 0.15) is 15.7 Å². The van der Waals surface area contributed by atoms with Gasteiger partial charge in [-0.1, -0.05) is 54.1 Å². The second kappa shape index (κ2) is 10.3. The minimum atomic E-state index is -4.78. The van der Waals surface area contributed by atoms with Crippen LogP contribution in [0, 0.1) is 0 Å².